The Balaban J connectivity index is 1.64. The molecule has 0 aliphatic carbocycles. The third-order valence-corrected chi connectivity index (χ3v) is 4.05. The summed E-state index contributed by atoms with van der Waals surface area (Å²) in [6.45, 7) is 4.78. The van der Waals surface area contributed by atoms with E-state index in [0.717, 1.165) is 11.0 Å². The second kappa shape index (κ2) is 6.64. The molecule has 1 aromatic rings. The van der Waals surface area contributed by atoms with E-state index in [-0.39, 0.29) is 0 Å². The van der Waals surface area contributed by atoms with Gasteiger partial charge >= 0.3 is 0 Å². The quantitative estimate of drug-likeness (QED) is 0.664. The number of rotatable bonds is 5. The predicted molar refractivity (Wildman–Crippen MR) is 73.7 cm³/mol. The van der Waals surface area contributed by atoms with E-state index in [4.69, 9.17) is 0 Å². The molecule has 1 N–H and O–H groups in total. The minimum absolute atomic E-state index is 1.05. The van der Waals surface area contributed by atoms with Crippen molar-refractivity contribution in [3.05, 3.63) is 28.7 Å². The first-order valence-corrected chi connectivity index (χ1v) is 7.33. The summed E-state index contributed by atoms with van der Waals surface area (Å²) in [5.74, 6) is 0. The van der Waals surface area contributed by atoms with E-state index >= 15 is 0 Å². The van der Waals surface area contributed by atoms with E-state index in [1.54, 1.807) is 11.9 Å². The second-order valence-corrected chi connectivity index (χ2v) is 5.88. The van der Waals surface area contributed by atoms with Gasteiger partial charge in [0.1, 0.15) is 0 Å². The molecule has 1 aromatic carbocycles. The minimum Gasteiger partial charge on any atom is -0.302 e. The smallest absolute Gasteiger partial charge is 0.0239 e. The maximum absolute atomic E-state index is 3.48. The summed E-state index contributed by atoms with van der Waals surface area (Å²) in [6.07, 6.45) is 2.75. The van der Waals surface area contributed by atoms with Gasteiger partial charge in [-0.25, -0.2) is 0 Å². The first-order valence-electron chi connectivity index (χ1n) is 5.72. The van der Waals surface area contributed by atoms with E-state index in [9.17, 15) is 0 Å². The fourth-order valence-corrected chi connectivity index (χ4v) is 3.12. The molecule has 1 saturated heterocycles. The number of nitrogens with zero attached hydrogens (tertiary/aromatic N) is 1. The van der Waals surface area contributed by atoms with Gasteiger partial charge in [-0.2, -0.15) is 0 Å². The largest absolute Gasteiger partial charge is 0.302 e. The van der Waals surface area contributed by atoms with E-state index in [1.807, 2.05) is 6.07 Å². The van der Waals surface area contributed by atoms with Gasteiger partial charge in [-0.1, -0.05) is 22.0 Å². The topological polar surface area (TPSA) is 15.3 Å². The summed E-state index contributed by atoms with van der Waals surface area (Å²) in [6, 6.07) is 8.37. The first kappa shape index (κ1) is 12.4. The molecule has 0 spiro atoms. The van der Waals surface area contributed by atoms with Crippen molar-refractivity contribution in [2.45, 2.75) is 17.7 Å². The van der Waals surface area contributed by atoms with Gasteiger partial charge in [-0.3, -0.25) is 4.72 Å². The minimum atomic E-state index is 1.05. The molecule has 0 amide bonds. The molecule has 4 heteroatoms. The Kier molecular flexibility index (Phi) is 5.16. The van der Waals surface area contributed by atoms with Gasteiger partial charge in [-0.05, 0) is 56.1 Å². The predicted octanol–water partition coefficient (Wildman–Crippen LogP) is 3.14. The van der Waals surface area contributed by atoms with Crippen LogP contribution in [-0.2, 0) is 0 Å². The highest BCUT2D eigenvalue weighted by Gasteiger charge is 2.09. The average molecular weight is 301 g/mol. The summed E-state index contributed by atoms with van der Waals surface area (Å²) in [5, 5.41) is 0. The molecule has 1 fully saturated rings. The lowest BCUT2D eigenvalue weighted by atomic mass is 10.4. The maximum atomic E-state index is 3.48. The van der Waals surface area contributed by atoms with E-state index in [1.165, 1.54) is 37.4 Å². The third-order valence-electron chi connectivity index (χ3n) is 2.71. The Labute approximate surface area is 110 Å². The normalized spacial score (nSPS) is 16.8. The van der Waals surface area contributed by atoms with Crippen molar-refractivity contribution in [1.29, 1.82) is 0 Å². The van der Waals surface area contributed by atoms with Crippen molar-refractivity contribution in [3.8, 4) is 0 Å². The summed E-state index contributed by atoms with van der Waals surface area (Å²) in [4.78, 5) is 3.78. The summed E-state index contributed by atoms with van der Waals surface area (Å²) in [5.41, 5.74) is 0. The van der Waals surface area contributed by atoms with Gasteiger partial charge in [0, 0.05) is 22.5 Å². The molecule has 2 nitrogen and oxygen atoms in total. The number of benzene rings is 1. The fourth-order valence-electron chi connectivity index (χ4n) is 1.87. The molecule has 0 bridgehead atoms. The van der Waals surface area contributed by atoms with Crippen LogP contribution in [0.2, 0.25) is 0 Å². The van der Waals surface area contributed by atoms with Gasteiger partial charge in [0.05, 0.1) is 0 Å². The number of hydrogen-bond acceptors (Lipinski definition) is 3. The van der Waals surface area contributed by atoms with Gasteiger partial charge in [0.15, 0.2) is 0 Å². The van der Waals surface area contributed by atoms with Crippen molar-refractivity contribution < 1.29 is 0 Å². The molecule has 0 saturated carbocycles. The van der Waals surface area contributed by atoms with Crippen LogP contribution in [0, 0.1) is 0 Å². The standard InChI is InChI=1S/C12H17BrN2S/c13-11-4-3-5-12(10-11)16-14-6-9-15-7-1-2-8-15/h3-5,10,14H,1-2,6-9H2. The highest BCUT2D eigenvalue weighted by Crippen LogP contribution is 2.19. The molecular formula is C12H17BrN2S. The second-order valence-electron chi connectivity index (χ2n) is 4.00. The highest BCUT2D eigenvalue weighted by molar-refractivity contribution is 9.10. The van der Waals surface area contributed by atoms with Crippen LogP contribution >= 0.6 is 27.9 Å². The highest BCUT2D eigenvalue weighted by atomic mass is 79.9. The maximum Gasteiger partial charge on any atom is 0.0239 e. The van der Waals surface area contributed by atoms with Crippen LogP contribution in [0.3, 0.4) is 0 Å². The zero-order valence-electron chi connectivity index (χ0n) is 9.29. The van der Waals surface area contributed by atoms with E-state index in [0.29, 0.717) is 0 Å². The molecule has 88 valence electrons. The monoisotopic (exact) mass is 300 g/mol. The summed E-state index contributed by atoms with van der Waals surface area (Å²) in [7, 11) is 0. The van der Waals surface area contributed by atoms with Crippen LogP contribution in [-0.4, -0.2) is 31.1 Å². The Bertz CT molecular complexity index is 327. The van der Waals surface area contributed by atoms with Crippen molar-refractivity contribution in [1.82, 2.24) is 9.62 Å². The molecule has 2 rings (SSSR count). The molecular weight excluding hydrogens is 284 g/mol. The first-order chi connectivity index (χ1) is 7.84. The molecule has 0 radical (unpaired) electrons. The van der Waals surface area contributed by atoms with Gasteiger partial charge < -0.3 is 4.90 Å². The van der Waals surface area contributed by atoms with Crippen LogP contribution < -0.4 is 4.72 Å². The lowest BCUT2D eigenvalue weighted by molar-refractivity contribution is 0.345. The van der Waals surface area contributed by atoms with Crippen LogP contribution in [0.1, 0.15) is 12.8 Å². The average Bonchev–Trinajstić information content (AvgIpc) is 2.77. The van der Waals surface area contributed by atoms with Gasteiger partial charge in [0.2, 0.25) is 0 Å². The number of likely N-dealkylation sites (tertiary alicyclic amines) is 1. The lowest BCUT2D eigenvalue weighted by Gasteiger charge is -2.14. The Morgan fingerprint density at radius 3 is 2.88 bits per heavy atom. The lowest BCUT2D eigenvalue weighted by Crippen LogP contribution is -2.27. The van der Waals surface area contributed by atoms with Gasteiger partial charge in [0.25, 0.3) is 0 Å². The Morgan fingerprint density at radius 2 is 2.12 bits per heavy atom. The van der Waals surface area contributed by atoms with E-state index in [2.05, 4.69) is 43.8 Å². The van der Waals surface area contributed by atoms with Crippen LogP contribution in [0.4, 0.5) is 0 Å². The van der Waals surface area contributed by atoms with Crippen molar-refractivity contribution in [3.63, 3.8) is 0 Å². The SMILES string of the molecule is Brc1cccc(SNCCN2CCCC2)c1. The molecule has 1 aliphatic rings. The molecule has 0 aromatic heterocycles. The third kappa shape index (κ3) is 4.09. The summed E-state index contributed by atoms with van der Waals surface area (Å²) < 4.78 is 4.55. The molecule has 1 aliphatic heterocycles. The molecule has 16 heavy (non-hydrogen) atoms. The van der Waals surface area contributed by atoms with Crippen LogP contribution in [0.25, 0.3) is 0 Å². The zero-order valence-corrected chi connectivity index (χ0v) is 11.7. The van der Waals surface area contributed by atoms with Crippen LogP contribution in [0.5, 0.6) is 0 Å². The van der Waals surface area contributed by atoms with Gasteiger partial charge in [-0.15, -0.1) is 0 Å². The van der Waals surface area contributed by atoms with Crippen molar-refractivity contribution in [2.75, 3.05) is 26.2 Å². The van der Waals surface area contributed by atoms with Crippen molar-refractivity contribution in [2.24, 2.45) is 0 Å². The number of nitrogens with one attached hydrogen (secondary N) is 1. The Hall–Kier alpha value is -0.0300. The van der Waals surface area contributed by atoms with Crippen molar-refractivity contribution >= 4 is 27.9 Å². The fraction of sp³-hybridized carbons (Fsp3) is 0.500. The molecule has 1 heterocycles. The number of halogens is 1. The molecule has 0 unspecified atom stereocenters. The zero-order chi connectivity index (χ0) is 11.2. The van der Waals surface area contributed by atoms with E-state index < -0.39 is 0 Å². The number of hydrogen-bond donors (Lipinski definition) is 1. The molecule has 0 atom stereocenters. The Morgan fingerprint density at radius 1 is 1.31 bits per heavy atom. The summed E-state index contributed by atoms with van der Waals surface area (Å²) >= 11 is 5.19. The van der Waals surface area contributed by atoms with Crippen LogP contribution in [0.15, 0.2) is 33.6 Å².